The van der Waals surface area contributed by atoms with Crippen LogP contribution in [0.25, 0.3) is 0 Å². The minimum absolute atomic E-state index is 0. The molecule has 1 saturated heterocycles. The van der Waals surface area contributed by atoms with Gasteiger partial charge >= 0.3 is 5.97 Å². The fraction of sp³-hybridized carbons (Fsp3) is 0.579. The predicted molar refractivity (Wildman–Crippen MR) is 98.8 cm³/mol. The number of carboxylic acids is 1. The molecule has 2 aliphatic rings. The number of hydrogen-bond acceptors (Lipinski definition) is 3. The van der Waals surface area contributed by atoms with Gasteiger partial charge in [0, 0.05) is 0 Å². The number of hydrogen-bond donors (Lipinski definition) is 2. The molecule has 1 aromatic carbocycles. The molecule has 25 heavy (non-hydrogen) atoms. The van der Waals surface area contributed by atoms with Crippen molar-refractivity contribution >= 4 is 24.3 Å². The van der Waals surface area contributed by atoms with Gasteiger partial charge in [-0.3, -0.25) is 14.5 Å². The van der Waals surface area contributed by atoms with Gasteiger partial charge in [-0.25, -0.2) is 0 Å². The molecular formula is C19H27ClN2O3. The zero-order valence-electron chi connectivity index (χ0n) is 14.4. The number of benzene rings is 1. The third-order valence-electron chi connectivity index (χ3n) is 5.34. The molecule has 0 aromatic heterocycles. The molecule has 6 heteroatoms. The maximum atomic E-state index is 12.6. The molecule has 3 rings (SSSR count). The van der Waals surface area contributed by atoms with Crippen molar-refractivity contribution in [3.05, 3.63) is 35.9 Å². The van der Waals surface area contributed by atoms with Crippen molar-refractivity contribution in [2.75, 3.05) is 13.1 Å². The van der Waals surface area contributed by atoms with E-state index >= 15 is 0 Å². The first-order valence-electron chi connectivity index (χ1n) is 8.96. The predicted octanol–water partition coefficient (Wildman–Crippen LogP) is 3.00. The summed E-state index contributed by atoms with van der Waals surface area (Å²) in [7, 11) is 0. The van der Waals surface area contributed by atoms with E-state index in [4.69, 9.17) is 0 Å². The lowest BCUT2D eigenvalue weighted by atomic mass is 9.91. The van der Waals surface area contributed by atoms with Crippen LogP contribution >= 0.6 is 12.4 Å². The smallest absolute Gasteiger partial charge is 0.320 e. The second kappa shape index (κ2) is 9.20. The molecule has 1 saturated carbocycles. The van der Waals surface area contributed by atoms with E-state index in [0.29, 0.717) is 18.9 Å². The van der Waals surface area contributed by atoms with Crippen LogP contribution in [0.5, 0.6) is 0 Å². The molecule has 0 spiro atoms. The molecule has 2 fully saturated rings. The van der Waals surface area contributed by atoms with Gasteiger partial charge in [0.15, 0.2) is 0 Å². The summed E-state index contributed by atoms with van der Waals surface area (Å²) in [6.07, 6.45) is 6.19. The van der Waals surface area contributed by atoms with Gasteiger partial charge in [-0.2, -0.15) is 0 Å². The fourth-order valence-corrected chi connectivity index (χ4v) is 4.12. The molecule has 1 heterocycles. The second-order valence-electron chi connectivity index (χ2n) is 6.97. The van der Waals surface area contributed by atoms with Gasteiger partial charge in [-0.15, -0.1) is 12.4 Å². The first kappa shape index (κ1) is 19.7. The average molecular weight is 367 g/mol. The van der Waals surface area contributed by atoms with E-state index in [1.165, 1.54) is 12.8 Å². The Morgan fingerprint density at radius 3 is 2.44 bits per heavy atom. The van der Waals surface area contributed by atoms with Gasteiger partial charge in [0.25, 0.3) is 0 Å². The standard InChI is InChI=1S/C19H26N2O3.ClH/c22-17(13-21-12-6-11-16(21)19(23)24)20-18(15-9-4-5-10-15)14-7-2-1-3-8-14;/h1-3,7-8,15-16,18H,4-6,9-13H2,(H,20,22)(H,23,24);1H. The Hall–Kier alpha value is -1.59. The summed E-state index contributed by atoms with van der Waals surface area (Å²) >= 11 is 0. The monoisotopic (exact) mass is 366 g/mol. The van der Waals surface area contributed by atoms with Crippen LogP contribution in [-0.4, -0.2) is 41.0 Å². The molecule has 0 radical (unpaired) electrons. The van der Waals surface area contributed by atoms with Gasteiger partial charge in [0.1, 0.15) is 6.04 Å². The Balaban J connectivity index is 0.00000225. The molecule has 5 nitrogen and oxygen atoms in total. The minimum atomic E-state index is -0.823. The van der Waals surface area contributed by atoms with E-state index in [9.17, 15) is 14.7 Å². The van der Waals surface area contributed by atoms with Crippen LogP contribution in [0.4, 0.5) is 0 Å². The third-order valence-corrected chi connectivity index (χ3v) is 5.34. The van der Waals surface area contributed by atoms with Crippen molar-refractivity contribution in [1.29, 1.82) is 0 Å². The molecular weight excluding hydrogens is 340 g/mol. The molecule has 2 unspecified atom stereocenters. The summed E-state index contributed by atoms with van der Waals surface area (Å²) in [5.74, 6) is -0.412. The summed E-state index contributed by atoms with van der Waals surface area (Å²) in [6, 6.07) is 9.65. The molecule has 1 aliphatic carbocycles. The number of amides is 1. The quantitative estimate of drug-likeness (QED) is 0.812. The lowest BCUT2D eigenvalue weighted by Crippen LogP contribution is -2.44. The minimum Gasteiger partial charge on any atom is -0.480 e. The number of rotatable bonds is 6. The van der Waals surface area contributed by atoms with E-state index in [1.54, 1.807) is 4.90 Å². The molecule has 2 N–H and O–H groups in total. The van der Waals surface area contributed by atoms with Crippen molar-refractivity contribution in [1.82, 2.24) is 10.2 Å². The maximum absolute atomic E-state index is 12.6. The zero-order valence-corrected chi connectivity index (χ0v) is 15.2. The van der Waals surface area contributed by atoms with Crippen molar-refractivity contribution < 1.29 is 14.7 Å². The van der Waals surface area contributed by atoms with Crippen LogP contribution in [0.2, 0.25) is 0 Å². The molecule has 0 bridgehead atoms. The first-order valence-corrected chi connectivity index (χ1v) is 8.96. The van der Waals surface area contributed by atoms with Crippen LogP contribution in [-0.2, 0) is 9.59 Å². The number of nitrogens with zero attached hydrogens (tertiary/aromatic N) is 1. The number of carbonyl (C=O) groups excluding carboxylic acids is 1. The topological polar surface area (TPSA) is 69.6 Å². The summed E-state index contributed by atoms with van der Waals surface area (Å²) in [5, 5.41) is 12.4. The molecule has 1 amide bonds. The average Bonchev–Trinajstić information content (AvgIpc) is 3.25. The highest BCUT2D eigenvalue weighted by Gasteiger charge is 2.33. The second-order valence-corrected chi connectivity index (χ2v) is 6.97. The summed E-state index contributed by atoms with van der Waals surface area (Å²) in [6.45, 7) is 0.858. The summed E-state index contributed by atoms with van der Waals surface area (Å²) < 4.78 is 0. The summed E-state index contributed by atoms with van der Waals surface area (Å²) in [5.41, 5.74) is 1.15. The van der Waals surface area contributed by atoms with Gasteiger partial charge < -0.3 is 10.4 Å². The highest BCUT2D eigenvalue weighted by atomic mass is 35.5. The van der Waals surface area contributed by atoms with Crippen LogP contribution in [0.1, 0.15) is 50.1 Å². The number of carboxylic acid groups (broad SMARTS) is 1. The largest absolute Gasteiger partial charge is 0.480 e. The Labute approximate surface area is 155 Å². The first-order chi connectivity index (χ1) is 11.6. The van der Waals surface area contributed by atoms with E-state index in [2.05, 4.69) is 17.4 Å². The SMILES string of the molecule is Cl.O=C(CN1CCCC1C(=O)O)NC(c1ccccc1)C1CCCC1. The van der Waals surface area contributed by atoms with Crippen LogP contribution in [0.3, 0.4) is 0 Å². The number of halogens is 1. The summed E-state index contributed by atoms with van der Waals surface area (Å²) in [4.78, 5) is 25.6. The number of aliphatic carboxylic acids is 1. The Morgan fingerprint density at radius 1 is 1.12 bits per heavy atom. The Kier molecular flexibility index (Phi) is 7.26. The van der Waals surface area contributed by atoms with E-state index in [1.807, 2.05) is 18.2 Å². The van der Waals surface area contributed by atoms with Crippen molar-refractivity contribution in [3.63, 3.8) is 0 Å². The van der Waals surface area contributed by atoms with Gasteiger partial charge in [0.05, 0.1) is 12.6 Å². The lowest BCUT2D eigenvalue weighted by molar-refractivity contribution is -0.142. The van der Waals surface area contributed by atoms with E-state index in [0.717, 1.165) is 24.8 Å². The third kappa shape index (κ3) is 4.95. The molecule has 2 atom stereocenters. The normalized spacial score (nSPS) is 22.3. The number of carbonyl (C=O) groups is 2. The fourth-order valence-electron chi connectivity index (χ4n) is 4.12. The van der Waals surface area contributed by atoms with Gasteiger partial charge in [0.2, 0.25) is 5.91 Å². The molecule has 1 aliphatic heterocycles. The van der Waals surface area contributed by atoms with Gasteiger partial charge in [-0.1, -0.05) is 43.2 Å². The molecule has 1 aromatic rings. The lowest BCUT2D eigenvalue weighted by Gasteiger charge is -2.27. The van der Waals surface area contributed by atoms with Crippen molar-refractivity contribution in [3.8, 4) is 0 Å². The zero-order chi connectivity index (χ0) is 16.9. The Morgan fingerprint density at radius 2 is 1.80 bits per heavy atom. The number of nitrogens with one attached hydrogen (secondary N) is 1. The maximum Gasteiger partial charge on any atom is 0.320 e. The van der Waals surface area contributed by atoms with E-state index < -0.39 is 12.0 Å². The van der Waals surface area contributed by atoms with E-state index in [-0.39, 0.29) is 30.9 Å². The Bertz CT molecular complexity index is 575. The van der Waals surface area contributed by atoms with Crippen molar-refractivity contribution in [2.24, 2.45) is 5.92 Å². The van der Waals surface area contributed by atoms with Crippen molar-refractivity contribution in [2.45, 2.75) is 50.6 Å². The van der Waals surface area contributed by atoms with Crippen LogP contribution < -0.4 is 5.32 Å². The molecule has 138 valence electrons. The van der Waals surface area contributed by atoms with Crippen LogP contribution in [0, 0.1) is 5.92 Å². The number of likely N-dealkylation sites (tertiary alicyclic amines) is 1. The highest BCUT2D eigenvalue weighted by Crippen LogP contribution is 2.35. The van der Waals surface area contributed by atoms with Gasteiger partial charge in [-0.05, 0) is 43.7 Å². The van der Waals surface area contributed by atoms with Crippen LogP contribution in [0.15, 0.2) is 30.3 Å². The highest BCUT2D eigenvalue weighted by molar-refractivity contribution is 5.85.